The summed E-state index contributed by atoms with van der Waals surface area (Å²) in [5.74, 6) is 1.61. The standard InChI is InChI=1S/C19H28N8.HI/c1-5-15-14(16(6-2)26(4)25-15)12-21-19(20-7-3)22-13-18-24-23-17-10-8-9-11-27(17)18;/h8-11H,5-7,12-13H2,1-4H3,(H2,20,21,22);1H. The van der Waals surface area contributed by atoms with E-state index in [-0.39, 0.29) is 24.0 Å². The van der Waals surface area contributed by atoms with Gasteiger partial charge in [0.05, 0.1) is 18.8 Å². The van der Waals surface area contributed by atoms with Crippen LogP contribution in [-0.4, -0.2) is 36.9 Å². The fraction of sp³-hybridized carbons (Fsp3) is 0.474. The number of hydrogen-bond acceptors (Lipinski definition) is 4. The van der Waals surface area contributed by atoms with Crippen LogP contribution in [0.4, 0.5) is 0 Å². The molecule has 152 valence electrons. The van der Waals surface area contributed by atoms with Gasteiger partial charge >= 0.3 is 0 Å². The van der Waals surface area contributed by atoms with Crippen molar-refractivity contribution in [3.63, 3.8) is 0 Å². The highest BCUT2D eigenvalue weighted by Crippen LogP contribution is 2.16. The van der Waals surface area contributed by atoms with E-state index >= 15 is 0 Å². The van der Waals surface area contributed by atoms with E-state index in [1.54, 1.807) is 0 Å². The molecule has 8 nitrogen and oxygen atoms in total. The van der Waals surface area contributed by atoms with Crippen molar-refractivity contribution in [2.75, 3.05) is 6.54 Å². The summed E-state index contributed by atoms with van der Waals surface area (Å²) in [6.07, 6.45) is 3.82. The molecular weight excluding hydrogens is 467 g/mol. The molecule has 0 aliphatic rings. The molecular formula is C19H29IN8. The second-order valence-electron chi connectivity index (χ2n) is 6.30. The number of guanidine groups is 1. The maximum Gasteiger partial charge on any atom is 0.191 e. The first kappa shape index (κ1) is 22.1. The summed E-state index contributed by atoms with van der Waals surface area (Å²) in [5.41, 5.74) is 4.44. The quantitative estimate of drug-likeness (QED) is 0.298. The Kier molecular flexibility index (Phi) is 8.21. The van der Waals surface area contributed by atoms with Gasteiger partial charge in [-0.3, -0.25) is 9.08 Å². The van der Waals surface area contributed by atoms with Gasteiger partial charge in [-0.05, 0) is 31.9 Å². The van der Waals surface area contributed by atoms with Crippen molar-refractivity contribution in [2.24, 2.45) is 12.0 Å². The molecule has 0 aromatic carbocycles. The maximum atomic E-state index is 4.78. The molecule has 0 bridgehead atoms. The molecule has 0 unspecified atom stereocenters. The maximum absolute atomic E-state index is 4.78. The van der Waals surface area contributed by atoms with Crippen LogP contribution in [0.15, 0.2) is 29.4 Å². The minimum absolute atomic E-state index is 0. The van der Waals surface area contributed by atoms with Gasteiger partial charge in [0.2, 0.25) is 0 Å². The van der Waals surface area contributed by atoms with Gasteiger partial charge in [0, 0.05) is 31.0 Å². The first-order chi connectivity index (χ1) is 13.2. The van der Waals surface area contributed by atoms with Crippen LogP contribution in [0, 0.1) is 0 Å². The lowest BCUT2D eigenvalue weighted by atomic mass is 10.1. The number of rotatable bonds is 7. The minimum Gasteiger partial charge on any atom is -0.357 e. The summed E-state index contributed by atoms with van der Waals surface area (Å²) in [6, 6.07) is 5.87. The molecule has 0 radical (unpaired) electrons. The van der Waals surface area contributed by atoms with Gasteiger partial charge in [0.25, 0.3) is 0 Å². The summed E-state index contributed by atoms with van der Waals surface area (Å²) in [4.78, 5) is 4.78. The SMILES string of the molecule is CCNC(=NCc1c(CC)nn(C)c1CC)NCc1nnc2ccccn12.I. The molecule has 0 saturated heterocycles. The molecule has 3 heterocycles. The van der Waals surface area contributed by atoms with Crippen molar-refractivity contribution < 1.29 is 0 Å². The molecule has 0 atom stereocenters. The van der Waals surface area contributed by atoms with E-state index in [1.165, 1.54) is 11.3 Å². The number of fused-ring (bicyclic) bond motifs is 1. The molecule has 9 heteroatoms. The zero-order chi connectivity index (χ0) is 19.2. The summed E-state index contributed by atoms with van der Waals surface area (Å²) < 4.78 is 3.95. The average molecular weight is 496 g/mol. The third-order valence-electron chi connectivity index (χ3n) is 4.57. The van der Waals surface area contributed by atoms with E-state index in [2.05, 4.69) is 46.7 Å². The van der Waals surface area contributed by atoms with E-state index in [1.807, 2.05) is 40.5 Å². The highest BCUT2D eigenvalue weighted by atomic mass is 127. The Bertz CT molecular complexity index is 927. The summed E-state index contributed by atoms with van der Waals surface area (Å²) >= 11 is 0. The van der Waals surface area contributed by atoms with Crippen LogP contribution in [-0.2, 0) is 33.0 Å². The van der Waals surface area contributed by atoms with Crippen LogP contribution in [0.3, 0.4) is 0 Å². The van der Waals surface area contributed by atoms with E-state index in [0.29, 0.717) is 13.1 Å². The number of nitrogens with one attached hydrogen (secondary N) is 2. The lowest BCUT2D eigenvalue weighted by Crippen LogP contribution is -2.37. The fourth-order valence-corrected chi connectivity index (χ4v) is 3.25. The normalized spacial score (nSPS) is 11.5. The van der Waals surface area contributed by atoms with Crippen LogP contribution >= 0.6 is 24.0 Å². The number of aromatic nitrogens is 5. The van der Waals surface area contributed by atoms with E-state index in [0.717, 1.165) is 42.5 Å². The van der Waals surface area contributed by atoms with Crippen LogP contribution < -0.4 is 10.6 Å². The van der Waals surface area contributed by atoms with E-state index in [4.69, 9.17) is 4.99 Å². The van der Waals surface area contributed by atoms with Gasteiger partial charge in [-0.1, -0.05) is 19.9 Å². The third-order valence-corrected chi connectivity index (χ3v) is 4.57. The number of nitrogens with zero attached hydrogens (tertiary/aromatic N) is 6. The van der Waals surface area contributed by atoms with Crippen molar-refractivity contribution in [3.8, 4) is 0 Å². The minimum atomic E-state index is 0. The second-order valence-corrected chi connectivity index (χ2v) is 6.30. The van der Waals surface area contributed by atoms with Crippen molar-refractivity contribution >= 4 is 35.6 Å². The van der Waals surface area contributed by atoms with Gasteiger partial charge in [-0.15, -0.1) is 34.2 Å². The Morgan fingerprint density at radius 1 is 1.11 bits per heavy atom. The van der Waals surface area contributed by atoms with Crippen molar-refractivity contribution in [1.82, 2.24) is 35.0 Å². The van der Waals surface area contributed by atoms with Crippen LogP contribution in [0.25, 0.3) is 5.65 Å². The predicted octanol–water partition coefficient (Wildman–Crippen LogP) is 2.46. The molecule has 3 aromatic rings. The van der Waals surface area contributed by atoms with Gasteiger partial charge in [-0.2, -0.15) is 5.10 Å². The van der Waals surface area contributed by atoms with Gasteiger partial charge in [-0.25, -0.2) is 4.99 Å². The number of aryl methyl sites for hydroxylation is 2. The van der Waals surface area contributed by atoms with Gasteiger partial charge in [0.15, 0.2) is 17.4 Å². The topological polar surface area (TPSA) is 84.4 Å². The smallest absolute Gasteiger partial charge is 0.191 e. The molecule has 3 rings (SSSR count). The number of aliphatic imine (C=N–C) groups is 1. The Labute approximate surface area is 182 Å². The molecule has 0 saturated carbocycles. The lowest BCUT2D eigenvalue weighted by molar-refractivity contribution is 0.703. The largest absolute Gasteiger partial charge is 0.357 e. The molecule has 0 amide bonds. The lowest BCUT2D eigenvalue weighted by Gasteiger charge is -2.11. The fourth-order valence-electron chi connectivity index (χ4n) is 3.25. The Hall–Kier alpha value is -2.17. The third kappa shape index (κ3) is 4.81. The summed E-state index contributed by atoms with van der Waals surface area (Å²) in [6.45, 7) is 8.29. The molecule has 28 heavy (non-hydrogen) atoms. The number of pyridine rings is 1. The summed E-state index contributed by atoms with van der Waals surface area (Å²) in [7, 11) is 2.01. The average Bonchev–Trinajstić information content (AvgIpc) is 3.24. The van der Waals surface area contributed by atoms with Crippen molar-refractivity contribution in [1.29, 1.82) is 0 Å². The van der Waals surface area contributed by atoms with Gasteiger partial charge < -0.3 is 10.6 Å². The van der Waals surface area contributed by atoms with Crippen molar-refractivity contribution in [2.45, 2.75) is 46.7 Å². The Morgan fingerprint density at radius 2 is 1.93 bits per heavy atom. The zero-order valence-corrected chi connectivity index (χ0v) is 19.3. The van der Waals surface area contributed by atoms with Crippen LogP contribution in [0.5, 0.6) is 0 Å². The highest BCUT2D eigenvalue weighted by Gasteiger charge is 2.13. The summed E-state index contributed by atoms with van der Waals surface area (Å²) in [5, 5.41) is 19.7. The molecule has 0 fully saturated rings. The zero-order valence-electron chi connectivity index (χ0n) is 16.9. The first-order valence-electron chi connectivity index (χ1n) is 9.52. The predicted molar refractivity (Wildman–Crippen MR) is 122 cm³/mol. The Balaban J connectivity index is 0.00000280. The molecule has 2 N–H and O–H groups in total. The van der Waals surface area contributed by atoms with E-state index in [9.17, 15) is 0 Å². The monoisotopic (exact) mass is 496 g/mol. The van der Waals surface area contributed by atoms with Crippen molar-refractivity contribution in [3.05, 3.63) is 47.2 Å². The number of hydrogen-bond donors (Lipinski definition) is 2. The van der Waals surface area contributed by atoms with Gasteiger partial charge in [0.1, 0.15) is 0 Å². The Morgan fingerprint density at radius 3 is 2.64 bits per heavy atom. The molecule has 3 aromatic heterocycles. The van der Waals surface area contributed by atoms with E-state index < -0.39 is 0 Å². The molecule has 0 aliphatic heterocycles. The van der Waals surface area contributed by atoms with Crippen LogP contribution in [0.2, 0.25) is 0 Å². The second kappa shape index (κ2) is 10.4. The molecule has 0 aliphatic carbocycles. The highest BCUT2D eigenvalue weighted by molar-refractivity contribution is 14.0. The van der Waals surface area contributed by atoms with Crippen LogP contribution in [0.1, 0.15) is 43.5 Å². The number of halogens is 1. The molecule has 0 spiro atoms. The first-order valence-corrected chi connectivity index (χ1v) is 9.52.